The van der Waals surface area contributed by atoms with Crippen molar-refractivity contribution in [2.24, 2.45) is 0 Å². The van der Waals surface area contributed by atoms with Crippen LogP contribution >= 0.6 is 0 Å². The molecular formula is C24H30N2O4. The molecule has 2 amide bonds. The maximum atomic E-state index is 13.2. The first-order valence-corrected chi connectivity index (χ1v) is 10.1. The molecule has 1 saturated heterocycles. The SMILES string of the molecule is Cc1cc(CN2C(=O)N(c3ccccc3)CC2(C)C)cc(C)c1OC(C)(C)C(=O)O. The lowest BCUT2D eigenvalue weighted by Crippen LogP contribution is -2.41. The van der Waals surface area contributed by atoms with E-state index < -0.39 is 11.6 Å². The van der Waals surface area contributed by atoms with Gasteiger partial charge in [0.25, 0.3) is 0 Å². The van der Waals surface area contributed by atoms with Gasteiger partial charge in [0.05, 0.1) is 12.1 Å². The Balaban J connectivity index is 1.85. The Morgan fingerprint density at radius 2 is 1.70 bits per heavy atom. The van der Waals surface area contributed by atoms with Crippen LogP contribution in [-0.4, -0.2) is 39.7 Å². The molecule has 0 atom stereocenters. The summed E-state index contributed by atoms with van der Waals surface area (Å²) in [4.78, 5) is 28.3. The molecule has 2 aromatic rings. The van der Waals surface area contributed by atoms with E-state index in [0.29, 0.717) is 18.8 Å². The second-order valence-corrected chi connectivity index (χ2v) is 9.08. The molecule has 0 bridgehead atoms. The number of hydrogen-bond donors (Lipinski definition) is 1. The monoisotopic (exact) mass is 410 g/mol. The first-order chi connectivity index (χ1) is 13.9. The number of carboxylic acid groups (broad SMARTS) is 1. The molecule has 0 spiro atoms. The Bertz CT molecular complexity index is 943. The number of para-hydroxylation sites is 1. The molecule has 0 aliphatic carbocycles. The molecule has 1 aliphatic heterocycles. The molecule has 160 valence electrons. The predicted molar refractivity (Wildman–Crippen MR) is 117 cm³/mol. The smallest absolute Gasteiger partial charge is 0.347 e. The maximum absolute atomic E-state index is 13.2. The van der Waals surface area contributed by atoms with Crippen LogP contribution in [0, 0.1) is 13.8 Å². The van der Waals surface area contributed by atoms with Gasteiger partial charge in [0.15, 0.2) is 5.60 Å². The number of benzene rings is 2. The van der Waals surface area contributed by atoms with Crippen LogP contribution in [0.4, 0.5) is 10.5 Å². The van der Waals surface area contributed by atoms with E-state index in [1.165, 1.54) is 13.8 Å². The summed E-state index contributed by atoms with van der Waals surface area (Å²) in [6.45, 7) is 12.1. The van der Waals surface area contributed by atoms with E-state index in [0.717, 1.165) is 22.4 Å². The van der Waals surface area contributed by atoms with Crippen molar-refractivity contribution in [2.75, 3.05) is 11.4 Å². The van der Waals surface area contributed by atoms with Crippen molar-refractivity contribution in [3.05, 3.63) is 59.2 Å². The number of anilines is 1. The quantitative estimate of drug-likeness (QED) is 0.745. The van der Waals surface area contributed by atoms with Crippen molar-refractivity contribution >= 4 is 17.7 Å². The van der Waals surface area contributed by atoms with E-state index in [1.807, 2.05) is 66.1 Å². The first-order valence-electron chi connectivity index (χ1n) is 10.1. The summed E-state index contributed by atoms with van der Waals surface area (Å²) in [6.07, 6.45) is 0. The summed E-state index contributed by atoms with van der Waals surface area (Å²) in [5, 5.41) is 9.36. The molecule has 2 aromatic carbocycles. The van der Waals surface area contributed by atoms with Crippen LogP contribution in [0.25, 0.3) is 0 Å². The minimum atomic E-state index is -1.32. The summed E-state index contributed by atoms with van der Waals surface area (Å²) in [6, 6.07) is 13.6. The van der Waals surface area contributed by atoms with Gasteiger partial charge in [0.1, 0.15) is 5.75 Å². The zero-order valence-electron chi connectivity index (χ0n) is 18.5. The highest BCUT2D eigenvalue weighted by atomic mass is 16.5. The number of urea groups is 1. The third-order valence-corrected chi connectivity index (χ3v) is 5.54. The molecule has 3 rings (SSSR count). The van der Waals surface area contributed by atoms with Crippen LogP contribution in [0.2, 0.25) is 0 Å². The fourth-order valence-electron chi connectivity index (χ4n) is 3.81. The molecule has 0 aromatic heterocycles. The highest BCUT2D eigenvalue weighted by Crippen LogP contribution is 2.34. The van der Waals surface area contributed by atoms with Crippen LogP contribution in [0.5, 0.6) is 5.75 Å². The Kier molecular flexibility index (Phi) is 5.54. The van der Waals surface area contributed by atoms with Gasteiger partial charge in [-0.15, -0.1) is 0 Å². The third-order valence-electron chi connectivity index (χ3n) is 5.54. The Morgan fingerprint density at radius 3 is 2.23 bits per heavy atom. The van der Waals surface area contributed by atoms with Crippen molar-refractivity contribution in [2.45, 2.75) is 59.2 Å². The predicted octanol–water partition coefficient (Wildman–Crippen LogP) is 4.77. The molecule has 30 heavy (non-hydrogen) atoms. The van der Waals surface area contributed by atoms with Crippen molar-refractivity contribution in [3.8, 4) is 5.75 Å². The Morgan fingerprint density at radius 1 is 1.13 bits per heavy atom. The van der Waals surface area contributed by atoms with Crippen LogP contribution < -0.4 is 9.64 Å². The van der Waals surface area contributed by atoms with E-state index in [1.54, 1.807) is 0 Å². The molecule has 0 saturated carbocycles. The van der Waals surface area contributed by atoms with Gasteiger partial charge in [-0.25, -0.2) is 9.59 Å². The highest BCUT2D eigenvalue weighted by Gasteiger charge is 2.43. The average molecular weight is 411 g/mol. The molecule has 1 N–H and O–H groups in total. The first kappa shape index (κ1) is 21.7. The number of carbonyl (C=O) groups is 2. The van der Waals surface area contributed by atoms with E-state index in [4.69, 9.17) is 4.74 Å². The number of aliphatic carboxylic acids is 1. The summed E-state index contributed by atoms with van der Waals surface area (Å²) in [5.41, 5.74) is 1.94. The summed E-state index contributed by atoms with van der Waals surface area (Å²) < 4.78 is 5.80. The van der Waals surface area contributed by atoms with Gasteiger partial charge >= 0.3 is 12.0 Å². The number of amides is 2. The molecule has 0 unspecified atom stereocenters. The lowest BCUT2D eigenvalue weighted by molar-refractivity contribution is -0.152. The minimum Gasteiger partial charge on any atom is -0.478 e. The van der Waals surface area contributed by atoms with Crippen molar-refractivity contribution in [1.82, 2.24) is 4.90 Å². The van der Waals surface area contributed by atoms with Gasteiger partial charge in [-0.3, -0.25) is 4.90 Å². The van der Waals surface area contributed by atoms with Crippen molar-refractivity contribution in [3.63, 3.8) is 0 Å². The topological polar surface area (TPSA) is 70.1 Å². The maximum Gasteiger partial charge on any atom is 0.347 e. The van der Waals surface area contributed by atoms with Crippen LogP contribution in [0.15, 0.2) is 42.5 Å². The molecular weight excluding hydrogens is 380 g/mol. The minimum absolute atomic E-state index is 0.0196. The zero-order valence-corrected chi connectivity index (χ0v) is 18.5. The second kappa shape index (κ2) is 7.67. The lowest BCUT2D eigenvalue weighted by atomic mass is 10.0. The third kappa shape index (κ3) is 4.13. The molecule has 1 aliphatic rings. The van der Waals surface area contributed by atoms with E-state index >= 15 is 0 Å². The van der Waals surface area contributed by atoms with Crippen LogP contribution in [0.3, 0.4) is 0 Å². The largest absolute Gasteiger partial charge is 0.478 e. The van der Waals surface area contributed by atoms with Gasteiger partial charge in [-0.1, -0.05) is 30.3 Å². The van der Waals surface area contributed by atoms with Gasteiger partial charge in [0.2, 0.25) is 0 Å². The number of carboxylic acids is 1. The number of ether oxygens (including phenoxy) is 1. The van der Waals surface area contributed by atoms with Gasteiger partial charge in [0, 0.05) is 12.2 Å². The number of nitrogens with zero attached hydrogens (tertiary/aromatic N) is 2. The number of hydrogen-bond acceptors (Lipinski definition) is 3. The molecule has 1 fully saturated rings. The van der Waals surface area contributed by atoms with Crippen LogP contribution in [-0.2, 0) is 11.3 Å². The van der Waals surface area contributed by atoms with E-state index in [-0.39, 0.29) is 11.6 Å². The van der Waals surface area contributed by atoms with Crippen molar-refractivity contribution in [1.29, 1.82) is 0 Å². The Hall–Kier alpha value is -3.02. The van der Waals surface area contributed by atoms with Gasteiger partial charge in [-0.05, 0) is 70.4 Å². The number of aryl methyl sites for hydroxylation is 2. The fourth-order valence-corrected chi connectivity index (χ4v) is 3.81. The number of carbonyl (C=O) groups excluding carboxylic acids is 1. The summed E-state index contributed by atoms with van der Waals surface area (Å²) in [5.74, 6) is -0.445. The van der Waals surface area contributed by atoms with Crippen LogP contribution in [0.1, 0.15) is 44.4 Å². The van der Waals surface area contributed by atoms with Gasteiger partial charge < -0.3 is 14.7 Å². The summed E-state index contributed by atoms with van der Waals surface area (Å²) in [7, 11) is 0. The average Bonchev–Trinajstić information content (AvgIpc) is 2.89. The van der Waals surface area contributed by atoms with E-state index in [2.05, 4.69) is 13.8 Å². The molecule has 6 nitrogen and oxygen atoms in total. The van der Waals surface area contributed by atoms with Gasteiger partial charge in [-0.2, -0.15) is 0 Å². The zero-order chi connectivity index (χ0) is 22.3. The summed E-state index contributed by atoms with van der Waals surface area (Å²) >= 11 is 0. The second-order valence-electron chi connectivity index (χ2n) is 9.08. The normalized spacial score (nSPS) is 16.1. The lowest BCUT2D eigenvalue weighted by Gasteiger charge is -2.30. The Labute approximate surface area is 178 Å². The highest BCUT2D eigenvalue weighted by molar-refractivity contribution is 5.95. The number of rotatable bonds is 6. The van der Waals surface area contributed by atoms with Crippen molar-refractivity contribution < 1.29 is 19.4 Å². The molecule has 0 radical (unpaired) electrons. The fraction of sp³-hybridized carbons (Fsp3) is 0.417. The molecule has 1 heterocycles. The standard InChI is InChI=1S/C24H30N2O4/c1-16-12-18(13-17(2)20(16)30-24(5,6)21(27)28)14-26-22(29)25(15-23(26,3)4)19-10-8-7-9-11-19/h7-13H,14-15H2,1-6H3,(H,27,28). The van der Waals surface area contributed by atoms with E-state index in [9.17, 15) is 14.7 Å². The molecule has 6 heteroatoms.